The van der Waals surface area contributed by atoms with E-state index in [4.69, 9.17) is 9.47 Å². The lowest BCUT2D eigenvalue weighted by atomic mass is 10.1. The molecule has 0 atom stereocenters. The molecule has 0 spiro atoms. The fourth-order valence-corrected chi connectivity index (χ4v) is 1.56. The molecule has 96 valence electrons. The molecular formula is C14H23NO2. The molecule has 1 aromatic rings. The molecule has 1 aromatic carbocycles. The SMILES string of the molecule is CCc1ccc(OCCNC(C)C)c(OC)c1. The van der Waals surface area contributed by atoms with E-state index in [1.54, 1.807) is 7.11 Å². The van der Waals surface area contributed by atoms with Crippen LogP contribution in [-0.4, -0.2) is 26.3 Å². The molecule has 3 nitrogen and oxygen atoms in total. The van der Waals surface area contributed by atoms with Crippen LogP contribution in [0.5, 0.6) is 11.5 Å². The van der Waals surface area contributed by atoms with Gasteiger partial charge in [-0.2, -0.15) is 0 Å². The molecule has 0 aliphatic carbocycles. The Labute approximate surface area is 104 Å². The molecule has 0 heterocycles. The molecule has 0 aliphatic rings. The van der Waals surface area contributed by atoms with Gasteiger partial charge in [-0.1, -0.05) is 26.8 Å². The maximum Gasteiger partial charge on any atom is 0.161 e. The molecule has 1 N–H and O–H groups in total. The fraction of sp³-hybridized carbons (Fsp3) is 0.571. The van der Waals surface area contributed by atoms with Crippen LogP contribution in [0.3, 0.4) is 0 Å². The van der Waals surface area contributed by atoms with Crippen LogP contribution in [0.4, 0.5) is 0 Å². The van der Waals surface area contributed by atoms with E-state index in [9.17, 15) is 0 Å². The minimum absolute atomic E-state index is 0.489. The molecule has 3 heteroatoms. The Morgan fingerprint density at radius 2 is 2.00 bits per heavy atom. The smallest absolute Gasteiger partial charge is 0.161 e. The summed E-state index contributed by atoms with van der Waals surface area (Å²) in [6.45, 7) is 7.87. The van der Waals surface area contributed by atoms with Crippen molar-refractivity contribution >= 4 is 0 Å². The standard InChI is InChI=1S/C14H23NO2/c1-5-12-6-7-13(14(10-12)16-4)17-9-8-15-11(2)3/h6-7,10-11,15H,5,8-9H2,1-4H3. The Morgan fingerprint density at radius 1 is 1.24 bits per heavy atom. The number of aryl methyl sites for hydroxylation is 1. The first-order valence-electron chi connectivity index (χ1n) is 6.20. The molecule has 1 rings (SSSR count). The number of hydrogen-bond acceptors (Lipinski definition) is 3. The van der Waals surface area contributed by atoms with E-state index in [0.29, 0.717) is 12.6 Å². The number of rotatable bonds is 7. The summed E-state index contributed by atoms with van der Waals surface area (Å²) in [5.41, 5.74) is 1.26. The molecule has 0 unspecified atom stereocenters. The first-order valence-corrected chi connectivity index (χ1v) is 6.20. The van der Waals surface area contributed by atoms with Crippen molar-refractivity contribution in [3.63, 3.8) is 0 Å². The molecule has 0 fully saturated rings. The minimum atomic E-state index is 0.489. The summed E-state index contributed by atoms with van der Waals surface area (Å²) in [7, 11) is 1.67. The van der Waals surface area contributed by atoms with Crippen LogP contribution in [0, 0.1) is 0 Å². The lowest BCUT2D eigenvalue weighted by Crippen LogP contribution is -2.27. The lowest BCUT2D eigenvalue weighted by Gasteiger charge is -2.13. The zero-order valence-corrected chi connectivity index (χ0v) is 11.2. The van der Waals surface area contributed by atoms with Crippen molar-refractivity contribution in [2.75, 3.05) is 20.3 Å². The molecule has 0 aromatic heterocycles. The monoisotopic (exact) mass is 237 g/mol. The summed E-state index contributed by atoms with van der Waals surface area (Å²) >= 11 is 0. The third kappa shape index (κ3) is 4.65. The van der Waals surface area contributed by atoms with E-state index < -0.39 is 0 Å². The molecule has 17 heavy (non-hydrogen) atoms. The van der Waals surface area contributed by atoms with Crippen LogP contribution in [0.15, 0.2) is 18.2 Å². The topological polar surface area (TPSA) is 30.5 Å². The first kappa shape index (κ1) is 13.8. The van der Waals surface area contributed by atoms with Gasteiger partial charge >= 0.3 is 0 Å². The van der Waals surface area contributed by atoms with Gasteiger partial charge in [0.15, 0.2) is 11.5 Å². The second-order valence-electron chi connectivity index (χ2n) is 4.30. The average Bonchev–Trinajstić information content (AvgIpc) is 2.34. The minimum Gasteiger partial charge on any atom is -0.493 e. The second-order valence-corrected chi connectivity index (χ2v) is 4.30. The van der Waals surface area contributed by atoms with Gasteiger partial charge in [0.05, 0.1) is 7.11 Å². The van der Waals surface area contributed by atoms with Crippen LogP contribution < -0.4 is 14.8 Å². The van der Waals surface area contributed by atoms with Gasteiger partial charge in [-0.15, -0.1) is 0 Å². The van der Waals surface area contributed by atoms with Crippen molar-refractivity contribution in [1.29, 1.82) is 0 Å². The Hall–Kier alpha value is -1.22. The van der Waals surface area contributed by atoms with Gasteiger partial charge in [0.1, 0.15) is 6.61 Å². The van der Waals surface area contributed by atoms with Crippen molar-refractivity contribution in [2.45, 2.75) is 33.2 Å². The summed E-state index contributed by atoms with van der Waals surface area (Å²) in [5.74, 6) is 1.63. The van der Waals surface area contributed by atoms with Gasteiger partial charge in [-0.05, 0) is 24.1 Å². The van der Waals surface area contributed by atoms with Gasteiger partial charge in [0.2, 0.25) is 0 Å². The average molecular weight is 237 g/mol. The summed E-state index contributed by atoms with van der Waals surface area (Å²) in [4.78, 5) is 0. The van der Waals surface area contributed by atoms with E-state index in [1.807, 2.05) is 12.1 Å². The zero-order chi connectivity index (χ0) is 12.7. The number of methoxy groups -OCH3 is 1. The Bertz CT molecular complexity index is 337. The number of benzene rings is 1. The highest BCUT2D eigenvalue weighted by molar-refractivity contribution is 5.42. The van der Waals surface area contributed by atoms with Crippen molar-refractivity contribution < 1.29 is 9.47 Å². The highest BCUT2D eigenvalue weighted by Gasteiger charge is 2.04. The van der Waals surface area contributed by atoms with Crippen molar-refractivity contribution in [3.8, 4) is 11.5 Å². The van der Waals surface area contributed by atoms with Crippen LogP contribution in [0.2, 0.25) is 0 Å². The van der Waals surface area contributed by atoms with Gasteiger partial charge < -0.3 is 14.8 Å². The summed E-state index contributed by atoms with van der Waals surface area (Å²) in [6.07, 6.45) is 1.01. The molecular weight excluding hydrogens is 214 g/mol. The van der Waals surface area contributed by atoms with Gasteiger partial charge in [-0.25, -0.2) is 0 Å². The highest BCUT2D eigenvalue weighted by atomic mass is 16.5. The quantitative estimate of drug-likeness (QED) is 0.739. The maximum atomic E-state index is 5.69. The molecule has 0 radical (unpaired) electrons. The van der Waals surface area contributed by atoms with E-state index in [-0.39, 0.29) is 0 Å². The van der Waals surface area contributed by atoms with E-state index in [2.05, 4.69) is 32.2 Å². The summed E-state index contributed by atoms with van der Waals surface area (Å²) in [5, 5.41) is 3.31. The van der Waals surface area contributed by atoms with E-state index in [0.717, 1.165) is 24.5 Å². The number of nitrogens with one attached hydrogen (secondary N) is 1. The maximum absolute atomic E-state index is 5.69. The summed E-state index contributed by atoms with van der Waals surface area (Å²) in [6, 6.07) is 6.58. The molecule has 0 aliphatic heterocycles. The van der Waals surface area contributed by atoms with Gasteiger partial charge in [-0.3, -0.25) is 0 Å². The Kier molecular flexibility index (Phi) is 5.84. The first-order chi connectivity index (χ1) is 8.17. The Balaban J connectivity index is 2.52. The summed E-state index contributed by atoms with van der Waals surface area (Å²) < 4.78 is 11.0. The second kappa shape index (κ2) is 7.17. The van der Waals surface area contributed by atoms with Crippen LogP contribution >= 0.6 is 0 Å². The molecule has 0 saturated carbocycles. The van der Waals surface area contributed by atoms with Crippen LogP contribution in [-0.2, 0) is 6.42 Å². The number of hydrogen-bond donors (Lipinski definition) is 1. The predicted octanol–water partition coefficient (Wildman–Crippen LogP) is 2.63. The van der Waals surface area contributed by atoms with Gasteiger partial charge in [0, 0.05) is 12.6 Å². The highest BCUT2D eigenvalue weighted by Crippen LogP contribution is 2.28. The third-order valence-electron chi connectivity index (χ3n) is 2.55. The van der Waals surface area contributed by atoms with Crippen LogP contribution in [0.25, 0.3) is 0 Å². The molecule has 0 bridgehead atoms. The normalized spacial score (nSPS) is 10.6. The molecule has 0 amide bonds. The van der Waals surface area contributed by atoms with E-state index in [1.165, 1.54) is 5.56 Å². The Morgan fingerprint density at radius 3 is 2.59 bits per heavy atom. The van der Waals surface area contributed by atoms with E-state index >= 15 is 0 Å². The van der Waals surface area contributed by atoms with Crippen molar-refractivity contribution in [1.82, 2.24) is 5.32 Å². The number of ether oxygens (including phenoxy) is 2. The predicted molar refractivity (Wildman–Crippen MR) is 71.0 cm³/mol. The van der Waals surface area contributed by atoms with Crippen molar-refractivity contribution in [3.05, 3.63) is 23.8 Å². The van der Waals surface area contributed by atoms with Gasteiger partial charge in [0.25, 0.3) is 0 Å². The largest absolute Gasteiger partial charge is 0.493 e. The lowest BCUT2D eigenvalue weighted by molar-refractivity contribution is 0.288. The molecule has 0 saturated heterocycles. The zero-order valence-electron chi connectivity index (χ0n) is 11.2. The fourth-order valence-electron chi connectivity index (χ4n) is 1.56. The third-order valence-corrected chi connectivity index (χ3v) is 2.55. The van der Waals surface area contributed by atoms with Crippen LogP contribution in [0.1, 0.15) is 26.3 Å². The van der Waals surface area contributed by atoms with Crippen molar-refractivity contribution in [2.24, 2.45) is 0 Å².